The maximum absolute atomic E-state index is 10.4. The van der Waals surface area contributed by atoms with E-state index < -0.39 is 12.0 Å². The van der Waals surface area contributed by atoms with Crippen molar-refractivity contribution in [1.82, 2.24) is 0 Å². The molecule has 0 rings (SSSR count). The van der Waals surface area contributed by atoms with E-state index in [0.717, 1.165) is 5.57 Å². The summed E-state index contributed by atoms with van der Waals surface area (Å²) in [5.74, 6) is -0.984. The van der Waals surface area contributed by atoms with Crippen LogP contribution in [0.2, 0.25) is 0 Å². The molecule has 3 N–H and O–H groups in total. The number of carbonyl (C=O) groups is 1. The number of nitrogens with two attached hydrogens (primary N) is 1. The standard InChI is InChI=1S/C8H13NO2S/c1-2-6(3-4-12)5-7(9)8(10)11/h2-4,7,12H,5,9H2,1H3,(H,10,11)/b4-3-,6-2+/t7-/m0/s1. The Kier molecular flexibility index (Phi) is 5.49. The van der Waals surface area contributed by atoms with Crippen LogP contribution in [0, 0.1) is 0 Å². The molecule has 12 heavy (non-hydrogen) atoms. The average molecular weight is 187 g/mol. The Morgan fingerprint density at radius 2 is 2.33 bits per heavy atom. The molecule has 4 heteroatoms. The molecule has 0 amide bonds. The first-order valence-electron chi connectivity index (χ1n) is 3.56. The molecule has 0 saturated heterocycles. The van der Waals surface area contributed by atoms with Gasteiger partial charge in [-0.2, -0.15) is 12.6 Å². The molecular formula is C8H13NO2S. The van der Waals surface area contributed by atoms with E-state index in [9.17, 15) is 4.79 Å². The van der Waals surface area contributed by atoms with Gasteiger partial charge in [0.25, 0.3) is 0 Å². The first-order chi connectivity index (χ1) is 5.61. The predicted octanol–water partition coefficient (Wildman–Crippen LogP) is 1.18. The van der Waals surface area contributed by atoms with Crippen molar-refractivity contribution in [3.05, 3.63) is 23.1 Å². The van der Waals surface area contributed by atoms with Gasteiger partial charge in [-0.3, -0.25) is 4.79 Å². The molecule has 0 aliphatic carbocycles. The molecule has 0 aromatic heterocycles. The first kappa shape index (κ1) is 11.3. The van der Waals surface area contributed by atoms with Crippen LogP contribution >= 0.6 is 12.6 Å². The molecule has 0 radical (unpaired) electrons. The lowest BCUT2D eigenvalue weighted by Gasteiger charge is -2.05. The third-order valence-corrected chi connectivity index (χ3v) is 1.58. The highest BCUT2D eigenvalue weighted by Crippen LogP contribution is 2.06. The van der Waals surface area contributed by atoms with Crippen molar-refractivity contribution >= 4 is 18.6 Å². The predicted molar refractivity (Wildman–Crippen MR) is 52.1 cm³/mol. The average Bonchev–Trinajstić information content (AvgIpc) is 2.03. The number of rotatable bonds is 4. The van der Waals surface area contributed by atoms with Crippen LogP contribution in [0.1, 0.15) is 13.3 Å². The number of thiol groups is 1. The van der Waals surface area contributed by atoms with Crippen molar-refractivity contribution in [2.24, 2.45) is 5.73 Å². The second-order valence-corrected chi connectivity index (χ2v) is 2.63. The lowest BCUT2D eigenvalue weighted by molar-refractivity contribution is -0.138. The largest absolute Gasteiger partial charge is 0.480 e. The number of carboxylic acid groups (broad SMARTS) is 1. The smallest absolute Gasteiger partial charge is 0.320 e. The summed E-state index contributed by atoms with van der Waals surface area (Å²) in [6.45, 7) is 1.83. The molecule has 0 bridgehead atoms. The number of aliphatic carboxylic acids is 1. The van der Waals surface area contributed by atoms with Gasteiger partial charge in [0.15, 0.2) is 0 Å². The molecule has 0 heterocycles. The van der Waals surface area contributed by atoms with E-state index >= 15 is 0 Å². The lowest BCUT2D eigenvalue weighted by atomic mass is 10.1. The molecule has 1 atom stereocenters. The molecule has 68 valence electrons. The summed E-state index contributed by atoms with van der Waals surface area (Å²) in [6, 6.07) is -0.833. The van der Waals surface area contributed by atoms with Crippen molar-refractivity contribution in [2.45, 2.75) is 19.4 Å². The van der Waals surface area contributed by atoms with E-state index in [4.69, 9.17) is 10.8 Å². The third kappa shape index (κ3) is 4.20. The zero-order valence-corrected chi connectivity index (χ0v) is 7.79. The van der Waals surface area contributed by atoms with E-state index in [1.165, 1.54) is 0 Å². The number of hydrogen-bond donors (Lipinski definition) is 3. The molecule has 0 aromatic carbocycles. The summed E-state index contributed by atoms with van der Waals surface area (Å²) in [7, 11) is 0. The molecule has 3 nitrogen and oxygen atoms in total. The summed E-state index contributed by atoms with van der Waals surface area (Å²) in [5, 5.41) is 10.1. The quantitative estimate of drug-likeness (QED) is 0.457. The van der Waals surface area contributed by atoms with Gasteiger partial charge in [0.05, 0.1) is 0 Å². The summed E-state index contributed by atoms with van der Waals surface area (Å²) in [4.78, 5) is 10.4. The minimum Gasteiger partial charge on any atom is -0.480 e. The van der Waals surface area contributed by atoms with Gasteiger partial charge < -0.3 is 10.8 Å². The highest BCUT2D eigenvalue weighted by Gasteiger charge is 2.11. The van der Waals surface area contributed by atoms with E-state index in [1.54, 1.807) is 11.5 Å². The van der Waals surface area contributed by atoms with E-state index in [-0.39, 0.29) is 0 Å². The van der Waals surface area contributed by atoms with Crippen LogP contribution in [-0.2, 0) is 4.79 Å². The fourth-order valence-electron chi connectivity index (χ4n) is 0.719. The molecule has 0 aromatic rings. The Bertz CT molecular complexity index is 211. The Labute approximate surface area is 77.4 Å². The summed E-state index contributed by atoms with van der Waals surface area (Å²) in [6.07, 6.45) is 3.88. The summed E-state index contributed by atoms with van der Waals surface area (Å²) >= 11 is 3.88. The zero-order valence-electron chi connectivity index (χ0n) is 6.90. The number of hydrogen-bond acceptors (Lipinski definition) is 3. The first-order valence-corrected chi connectivity index (χ1v) is 4.07. The van der Waals surface area contributed by atoms with Crippen molar-refractivity contribution < 1.29 is 9.90 Å². The molecule has 0 unspecified atom stereocenters. The van der Waals surface area contributed by atoms with Gasteiger partial charge in [-0.25, -0.2) is 0 Å². The molecule has 0 fully saturated rings. The van der Waals surface area contributed by atoms with Crippen molar-refractivity contribution in [3.8, 4) is 0 Å². The van der Waals surface area contributed by atoms with Gasteiger partial charge in [0, 0.05) is 0 Å². The van der Waals surface area contributed by atoms with Crippen LogP contribution in [0.25, 0.3) is 0 Å². The molecular weight excluding hydrogens is 174 g/mol. The van der Waals surface area contributed by atoms with Crippen LogP contribution in [0.4, 0.5) is 0 Å². The van der Waals surface area contributed by atoms with Crippen molar-refractivity contribution in [3.63, 3.8) is 0 Å². The van der Waals surface area contributed by atoms with Gasteiger partial charge in [-0.15, -0.1) is 0 Å². The minimum absolute atomic E-state index is 0.336. The summed E-state index contributed by atoms with van der Waals surface area (Å²) < 4.78 is 0. The second-order valence-electron chi connectivity index (χ2n) is 2.33. The maximum atomic E-state index is 10.4. The molecule has 0 aliphatic rings. The van der Waals surface area contributed by atoms with Crippen LogP contribution in [0.15, 0.2) is 23.1 Å². The highest BCUT2D eigenvalue weighted by molar-refractivity contribution is 7.83. The van der Waals surface area contributed by atoms with Gasteiger partial charge in [0.2, 0.25) is 0 Å². The number of allylic oxidation sites excluding steroid dienone is 2. The van der Waals surface area contributed by atoms with E-state index in [0.29, 0.717) is 6.42 Å². The maximum Gasteiger partial charge on any atom is 0.320 e. The fourth-order valence-corrected chi connectivity index (χ4v) is 0.911. The third-order valence-electron chi connectivity index (χ3n) is 1.43. The van der Waals surface area contributed by atoms with Crippen LogP contribution in [0.5, 0.6) is 0 Å². The topological polar surface area (TPSA) is 63.3 Å². The molecule has 0 spiro atoms. The fraction of sp³-hybridized carbons (Fsp3) is 0.375. The molecule has 0 saturated carbocycles. The van der Waals surface area contributed by atoms with Crippen molar-refractivity contribution in [2.75, 3.05) is 0 Å². The minimum atomic E-state index is -0.984. The van der Waals surface area contributed by atoms with E-state index in [1.807, 2.05) is 13.0 Å². The van der Waals surface area contributed by atoms with E-state index in [2.05, 4.69) is 12.6 Å². The Hall–Kier alpha value is -0.740. The zero-order chi connectivity index (χ0) is 9.56. The van der Waals surface area contributed by atoms with Crippen LogP contribution in [-0.4, -0.2) is 17.1 Å². The SMILES string of the molecule is C/C=C(\C=C/S)C[C@H](N)C(=O)O. The summed E-state index contributed by atoms with van der Waals surface area (Å²) in [5.41, 5.74) is 6.20. The Morgan fingerprint density at radius 1 is 1.75 bits per heavy atom. The van der Waals surface area contributed by atoms with Crippen LogP contribution < -0.4 is 5.73 Å². The van der Waals surface area contributed by atoms with Crippen LogP contribution in [0.3, 0.4) is 0 Å². The molecule has 0 aliphatic heterocycles. The van der Waals surface area contributed by atoms with Crippen molar-refractivity contribution in [1.29, 1.82) is 0 Å². The van der Waals surface area contributed by atoms with Gasteiger partial charge in [-0.1, -0.05) is 12.2 Å². The van der Waals surface area contributed by atoms with Gasteiger partial charge in [-0.05, 0) is 24.3 Å². The normalized spacial score (nSPS) is 15.1. The Balaban J connectivity index is 4.13. The van der Waals surface area contributed by atoms with Gasteiger partial charge >= 0.3 is 5.97 Å². The second kappa shape index (κ2) is 5.85. The van der Waals surface area contributed by atoms with Gasteiger partial charge in [0.1, 0.15) is 6.04 Å². The number of carboxylic acids is 1. The Morgan fingerprint density at radius 3 is 2.67 bits per heavy atom. The monoisotopic (exact) mass is 187 g/mol. The highest BCUT2D eigenvalue weighted by atomic mass is 32.1. The lowest BCUT2D eigenvalue weighted by Crippen LogP contribution is -2.30.